The van der Waals surface area contributed by atoms with Gasteiger partial charge in [0, 0.05) is 12.1 Å². The Hall–Kier alpha value is -1.15. The summed E-state index contributed by atoms with van der Waals surface area (Å²) < 4.78 is 6.05. The minimum absolute atomic E-state index is 0.0612. The monoisotopic (exact) mass is 351 g/mol. The molecule has 0 amide bonds. The molecule has 0 atom stereocenters. The molecule has 6 nitrogen and oxygen atoms in total. The summed E-state index contributed by atoms with van der Waals surface area (Å²) in [6.45, 7) is -0.0744. The van der Waals surface area contributed by atoms with E-state index in [0.717, 1.165) is 0 Å². The van der Waals surface area contributed by atoms with Crippen molar-refractivity contribution < 1.29 is 9.66 Å². The molecular formula is C8H7Br2N3O3. The standard InChI is InChI=1S/C8H7Br2N3O3/c9-5-1-4(13(14)15)2-6(10)8(5)16-3-7(11)12/h1-2H,3H2,(H3,11,12). The van der Waals surface area contributed by atoms with Crippen molar-refractivity contribution in [3.8, 4) is 5.75 Å². The number of nitrogens with one attached hydrogen (secondary N) is 1. The first kappa shape index (κ1) is 12.9. The van der Waals surface area contributed by atoms with Crippen molar-refractivity contribution in [2.45, 2.75) is 0 Å². The van der Waals surface area contributed by atoms with E-state index in [2.05, 4.69) is 31.9 Å². The number of nitro groups is 1. The van der Waals surface area contributed by atoms with Crippen molar-refractivity contribution in [1.29, 1.82) is 5.41 Å². The minimum Gasteiger partial charge on any atom is -0.483 e. The molecule has 3 N–H and O–H groups in total. The summed E-state index contributed by atoms with van der Waals surface area (Å²) in [5.41, 5.74) is 5.08. The lowest BCUT2D eigenvalue weighted by atomic mass is 10.3. The average molecular weight is 353 g/mol. The third kappa shape index (κ3) is 3.17. The highest BCUT2D eigenvalue weighted by atomic mass is 79.9. The summed E-state index contributed by atoms with van der Waals surface area (Å²) in [6.07, 6.45) is 0. The maximum Gasteiger partial charge on any atom is 0.271 e. The first-order chi connectivity index (χ1) is 7.41. The molecule has 0 aliphatic heterocycles. The maximum absolute atomic E-state index is 10.6. The molecule has 1 aromatic rings. The van der Waals surface area contributed by atoms with Gasteiger partial charge in [0.2, 0.25) is 0 Å². The zero-order chi connectivity index (χ0) is 12.3. The molecule has 0 aromatic heterocycles. The van der Waals surface area contributed by atoms with Gasteiger partial charge in [0.05, 0.1) is 13.9 Å². The summed E-state index contributed by atoms with van der Waals surface area (Å²) in [6, 6.07) is 2.64. The second-order valence-electron chi connectivity index (χ2n) is 2.81. The van der Waals surface area contributed by atoms with E-state index in [1.54, 1.807) is 0 Å². The van der Waals surface area contributed by atoms with Crippen LogP contribution in [0.4, 0.5) is 5.69 Å². The van der Waals surface area contributed by atoms with E-state index in [1.165, 1.54) is 12.1 Å². The third-order valence-corrected chi connectivity index (χ3v) is 2.74. The van der Waals surface area contributed by atoms with Crippen molar-refractivity contribution in [2.24, 2.45) is 5.73 Å². The van der Waals surface area contributed by atoms with Crippen molar-refractivity contribution in [1.82, 2.24) is 0 Å². The molecule has 8 heteroatoms. The zero-order valence-electron chi connectivity index (χ0n) is 7.87. The lowest BCUT2D eigenvalue weighted by Crippen LogP contribution is -2.19. The van der Waals surface area contributed by atoms with Crippen molar-refractivity contribution >= 4 is 43.4 Å². The average Bonchev–Trinajstić information content (AvgIpc) is 2.15. The summed E-state index contributed by atoms with van der Waals surface area (Å²) in [4.78, 5) is 10.0. The maximum atomic E-state index is 10.6. The van der Waals surface area contributed by atoms with Gasteiger partial charge in [-0.25, -0.2) is 0 Å². The quantitative estimate of drug-likeness (QED) is 0.376. The Kier molecular flexibility index (Phi) is 4.25. The molecule has 0 aliphatic rings. The number of nitrogens with zero attached hydrogens (tertiary/aromatic N) is 1. The van der Waals surface area contributed by atoms with E-state index in [9.17, 15) is 10.1 Å². The molecule has 0 heterocycles. The minimum atomic E-state index is -0.510. The third-order valence-electron chi connectivity index (χ3n) is 1.57. The SMILES string of the molecule is N=C(N)COc1c(Br)cc([N+](=O)[O-])cc1Br. The van der Waals surface area contributed by atoms with Crippen LogP contribution in [0.15, 0.2) is 21.1 Å². The number of hydrogen-bond donors (Lipinski definition) is 2. The number of ether oxygens (including phenoxy) is 1. The predicted octanol–water partition coefficient (Wildman–Crippen LogP) is 2.43. The highest BCUT2D eigenvalue weighted by Crippen LogP contribution is 2.37. The smallest absolute Gasteiger partial charge is 0.271 e. The van der Waals surface area contributed by atoms with E-state index >= 15 is 0 Å². The molecule has 1 aromatic carbocycles. The molecule has 0 saturated heterocycles. The molecule has 0 spiro atoms. The summed E-state index contributed by atoms with van der Waals surface area (Å²) in [5, 5.41) is 17.6. The number of nitrogens with two attached hydrogens (primary N) is 1. The molecular weight excluding hydrogens is 346 g/mol. The number of hydrogen-bond acceptors (Lipinski definition) is 4. The van der Waals surface area contributed by atoms with Crippen LogP contribution >= 0.6 is 31.9 Å². The van der Waals surface area contributed by atoms with Crippen LogP contribution < -0.4 is 10.5 Å². The molecule has 0 radical (unpaired) electrons. The lowest BCUT2D eigenvalue weighted by Gasteiger charge is -2.09. The Morgan fingerprint density at radius 3 is 2.38 bits per heavy atom. The van der Waals surface area contributed by atoms with Gasteiger partial charge < -0.3 is 10.5 Å². The normalized spacial score (nSPS) is 9.88. The number of amidine groups is 1. The number of benzene rings is 1. The number of non-ortho nitro benzene ring substituents is 1. The van der Waals surface area contributed by atoms with Crippen LogP contribution in [0.3, 0.4) is 0 Å². The van der Waals surface area contributed by atoms with Gasteiger partial charge in [-0.1, -0.05) is 0 Å². The zero-order valence-corrected chi connectivity index (χ0v) is 11.0. The number of halogens is 2. The van der Waals surface area contributed by atoms with Gasteiger partial charge in [-0.15, -0.1) is 0 Å². The second-order valence-corrected chi connectivity index (χ2v) is 4.52. The van der Waals surface area contributed by atoms with Gasteiger partial charge in [0.15, 0.2) is 0 Å². The lowest BCUT2D eigenvalue weighted by molar-refractivity contribution is -0.385. The van der Waals surface area contributed by atoms with E-state index in [1.807, 2.05) is 0 Å². The summed E-state index contributed by atoms with van der Waals surface area (Å²) >= 11 is 6.29. The molecule has 1 rings (SSSR count). The van der Waals surface area contributed by atoms with Gasteiger partial charge in [0.25, 0.3) is 5.69 Å². The molecule has 86 valence electrons. The number of rotatable bonds is 4. The fourth-order valence-corrected chi connectivity index (χ4v) is 2.33. The van der Waals surface area contributed by atoms with Crippen LogP contribution in [0.25, 0.3) is 0 Å². The first-order valence-corrected chi connectivity index (χ1v) is 5.59. The van der Waals surface area contributed by atoms with E-state index < -0.39 is 4.92 Å². The van der Waals surface area contributed by atoms with Crippen molar-refractivity contribution in [3.63, 3.8) is 0 Å². The van der Waals surface area contributed by atoms with Crippen molar-refractivity contribution in [3.05, 3.63) is 31.2 Å². The second kappa shape index (κ2) is 5.26. The molecule has 0 fully saturated rings. The molecule has 0 bridgehead atoms. The van der Waals surface area contributed by atoms with Crippen LogP contribution in [0.5, 0.6) is 5.75 Å². The topological polar surface area (TPSA) is 102 Å². The Balaban J connectivity index is 3.03. The molecule has 0 aliphatic carbocycles. The molecule has 16 heavy (non-hydrogen) atoms. The van der Waals surface area contributed by atoms with Gasteiger partial charge in [-0.05, 0) is 31.9 Å². The fraction of sp³-hybridized carbons (Fsp3) is 0.125. The fourth-order valence-electron chi connectivity index (χ4n) is 0.940. The Morgan fingerprint density at radius 2 is 2.00 bits per heavy atom. The summed E-state index contributed by atoms with van der Waals surface area (Å²) in [5.74, 6) is 0.248. The van der Waals surface area contributed by atoms with Crippen LogP contribution in [-0.2, 0) is 0 Å². The largest absolute Gasteiger partial charge is 0.483 e. The van der Waals surface area contributed by atoms with E-state index in [-0.39, 0.29) is 18.1 Å². The van der Waals surface area contributed by atoms with Gasteiger partial charge in [0.1, 0.15) is 18.2 Å². The Morgan fingerprint density at radius 1 is 1.50 bits per heavy atom. The van der Waals surface area contributed by atoms with Crippen LogP contribution in [0.2, 0.25) is 0 Å². The summed E-state index contributed by atoms with van der Waals surface area (Å²) in [7, 11) is 0. The highest BCUT2D eigenvalue weighted by molar-refractivity contribution is 9.11. The predicted molar refractivity (Wildman–Crippen MR) is 65.9 cm³/mol. The van der Waals surface area contributed by atoms with Crippen molar-refractivity contribution in [2.75, 3.05) is 6.61 Å². The van der Waals surface area contributed by atoms with E-state index in [4.69, 9.17) is 15.9 Å². The highest BCUT2D eigenvalue weighted by Gasteiger charge is 2.15. The van der Waals surface area contributed by atoms with Crippen LogP contribution in [0, 0.1) is 15.5 Å². The van der Waals surface area contributed by atoms with Gasteiger partial charge in [-0.3, -0.25) is 15.5 Å². The number of nitro benzene ring substituents is 1. The Bertz CT molecular complexity index is 427. The van der Waals surface area contributed by atoms with Gasteiger partial charge >= 0.3 is 0 Å². The van der Waals surface area contributed by atoms with Crippen LogP contribution in [0.1, 0.15) is 0 Å². The van der Waals surface area contributed by atoms with Crippen LogP contribution in [-0.4, -0.2) is 17.4 Å². The first-order valence-electron chi connectivity index (χ1n) is 4.01. The molecule has 0 unspecified atom stereocenters. The molecule has 0 saturated carbocycles. The van der Waals surface area contributed by atoms with E-state index in [0.29, 0.717) is 14.7 Å². The van der Waals surface area contributed by atoms with Gasteiger partial charge in [-0.2, -0.15) is 0 Å². The Labute approximate surface area is 108 Å².